The molecule has 0 aliphatic heterocycles. The van der Waals surface area contributed by atoms with Crippen LogP contribution in [0.2, 0.25) is 5.02 Å². The number of aliphatic hydroxyl groups is 1. The Kier molecular flexibility index (Phi) is 6.78. The third kappa shape index (κ3) is 5.68. The quantitative estimate of drug-likeness (QED) is 0.753. The lowest BCUT2D eigenvalue weighted by molar-refractivity contribution is -0.157. The van der Waals surface area contributed by atoms with Crippen molar-refractivity contribution < 1.29 is 19.4 Å². The molecule has 6 heteroatoms. The van der Waals surface area contributed by atoms with E-state index in [0.29, 0.717) is 23.6 Å². The highest BCUT2D eigenvalue weighted by Gasteiger charge is 2.19. The van der Waals surface area contributed by atoms with Gasteiger partial charge in [-0.2, -0.15) is 0 Å². The average molecular weight is 348 g/mol. The number of hydrogen-bond donors (Lipinski definition) is 2. The number of halogens is 1. The molecule has 0 saturated heterocycles. The lowest BCUT2D eigenvalue weighted by Gasteiger charge is -2.11. The molecule has 2 N–H and O–H groups in total. The summed E-state index contributed by atoms with van der Waals surface area (Å²) in [5, 5.41) is 13.1. The van der Waals surface area contributed by atoms with Crippen LogP contribution < -0.4 is 5.32 Å². The maximum absolute atomic E-state index is 11.7. The van der Waals surface area contributed by atoms with Gasteiger partial charge in [0.05, 0.1) is 0 Å². The second-order valence-electron chi connectivity index (χ2n) is 5.15. The van der Waals surface area contributed by atoms with Crippen molar-refractivity contribution in [2.45, 2.75) is 12.5 Å². The molecule has 0 fully saturated rings. The topological polar surface area (TPSA) is 75.6 Å². The second-order valence-corrected chi connectivity index (χ2v) is 5.59. The molecule has 2 rings (SSSR count). The van der Waals surface area contributed by atoms with Gasteiger partial charge in [-0.25, -0.2) is 4.79 Å². The summed E-state index contributed by atoms with van der Waals surface area (Å²) < 4.78 is 4.82. The minimum Gasteiger partial charge on any atom is -0.453 e. The number of nitrogens with one attached hydrogen (secondary N) is 1. The first kappa shape index (κ1) is 18.0. The molecular weight excluding hydrogens is 330 g/mol. The van der Waals surface area contributed by atoms with Crippen LogP contribution in [0.25, 0.3) is 0 Å². The molecule has 1 amide bonds. The van der Waals surface area contributed by atoms with Crippen molar-refractivity contribution in [1.29, 1.82) is 0 Å². The molecule has 0 radical (unpaired) electrons. The molecule has 5 nitrogen and oxygen atoms in total. The molecule has 0 bridgehead atoms. The molecule has 0 heterocycles. The van der Waals surface area contributed by atoms with E-state index in [4.69, 9.17) is 16.3 Å². The maximum atomic E-state index is 11.7. The Balaban J connectivity index is 1.70. The van der Waals surface area contributed by atoms with E-state index in [0.717, 1.165) is 5.56 Å². The van der Waals surface area contributed by atoms with Crippen molar-refractivity contribution in [2.24, 2.45) is 0 Å². The number of hydrogen-bond acceptors (Lipinski definition) is 4. The Morgan fingerprint density at radius 1 is 1.12 bits per heavy atom. The number of carbonyl (C=O) groups is 2. The first-order valence-electron chi connectivity index (χ1n) is 7.47. The van der Waals surface area contributed by atoms with Gasteiger partial charge in [-0.3, -0.25) is 4.79 Å². The number of aliphatic hydroxyl groups excluding tert-OH is 1. The summed E-state index contributed by atoms with van der Waals surface area (Å²) in [4.78, 5) is 23.4. The van der Waals surface area contributed by atoms with Crippen LogP contribution >= 0.6 is 11.6 Å². The first-order chi connectivity index (χ1) is 11.6. The van der Waals surface area contributed by atoms with E-state index in [1.165, 1.54) is 0 Å². The van der Waals surface area contributed by atoms with Gasteiger partial charge in [-0.15, -0.1) is 0 Å². The summed E-state index contributed by atoms with van der Waals surface area (Å²) in [6.07, 6.45) is -0.780. The molecule has 24 heavy (non-hydrogen) atoms. The molecule has 2 aromatic rings. The smallest absolute Gasteiger partial charge is 0.340 e. The standard InChI is InChI=1S/C18H18ClNO4/c19-15-8-4-5-13(11-15)9-10-20-16(21)12-24-18(23)17(22)14-6-2-1-3-7-14/h1-8,11,17,22H,9-10,12H2,(H,20,21)/t17-/m1/s1. The zero-order valence-electron chi connectivity index (χ0n) is 12.9. The molecule has 0 aliphatic rings. The van der Waals surface area contributed by atoms with Crippen molar-refractivity contribution in [3.05, 3.63) is 70.7 Å². The Morgan fingerprint density at radius 3 is 2.58 bits per heavy atom. The van der Waals surface area contributed by atoms with Gasteiger partial charge in [0.2, 0.25) is 0 Å². The Labute approximate surface area is 145 Å². The first-order valence-corrected chi connectivity index (χ1v) is 7.85. The van der Waals surface area contributed by atoms with Crippen LogP contribution in [0, 0.1) is 0 Å². The van der Waals surface area contributed by atoms with E-state index in [1.807, 2.05) is 18.2 Å². The minimum atomic E-state index is -1.40. The second kappa shape index (κ2) is 9.05. The largest absolute Gasteiger partial charge is 0.453 e. The third-order valence-electron chi connectivity index (χ3n) is 3.31. The van der Waals surface area contributed by atoms with E-state index in [1.54, 1.807) is 36.4 Å². The average Bonchev–Trinajstić information content (AvgIpc) is 2.60. The zero-order chi connectivity index (χ0) is 17.4. The van der Waals surface area contributed by atoms with Crippen LogP contribution in [0.3, 0.4) is 0 Å². The van der Waals surface area contributed by atoms with E-state index in [-0.39, 0.29) is 0 Å². The van der Waals surface area contributed by atoms with Crippen LogP contribution in [0.5, 0.6) is 0 Å². The monoisotopic (exact) mass is 347 g/mol. The van der Waals surface area contributed by atoms with Gasteiger partial charge in [-0.1, -0.05) is 54.1 Å². The molecule has 1 atom stereocenters. The van der Waals surface area contributed by atoms with E-state index in [2.05, 4.69) is 5.32 Å². The predicted molar refractivity (Wildman–Crippen MR) is 90.5 cm³/mol. The van der Waals surface area contributed by atoms with Gasteiger partial charge in [0.1, 0.15) is 0 Å². The van der Waals surface area contributed by atoms with Gasteiger partial charge < -0.3 is 15.2 Å². The maximum Gasteiger partial charge on any atom is 0.340 e. The van der Waals surface area contributed by atoms with Gasteiger partial charge in [0, 0.05) is 11.6 Å². The Bertz CT molecular complexity index is 690. The SMILES string of the molecule is O=C(COC(=O)[C@H](O)c1ccccc1)NCCc1cccc(Cl)c1. The molecule has 0 aliphatic carbocycles. The van der Waals surface area contributed by atoms with Crippen LogP contribution in [-0.2, 0) is 20.7 Å². The number of ether oxygens (including phenoxy) is 1. The van der Waals surface area contributed by atoms with Crippen LogP contribution in [-0.4, -0.2) is 30.1 Å². The minimum absolute atomic E-state index is 0.401. The summed E-state index contributed by atoms with van der Waals surface area (Å²) in [5.41, 5.74) is 1.42. The Morgan fingerprint density at radius 2 is 1.88 bits per heavy atom. The summed E-state index contributed by atoms with van der Waals surface area (Å²) in [6.45, 7) is -0.0315. The van der Waals surface area contributed by atoms with E-state index >= 15 is 0 Å². The summed E-state index contributed by atoms with van der Waals surface area (Å²) in [7, 11) is 0. The zero-order valence-corrected chi connectivity index (χ0v) is 13.7. The fraction of sp³-hybridized carbons (Fsp3) is 0.222. The van der Waals surface area contributed by atoms with Crippen LogP contribution in [0.1, 0.15) is 17.2 Å². The number of esters is 1. The number of carbonyl (C=O) groups excluding carboxylic acids is 2. The van der Waals surface area contributed by atoms with Gasteiger partial charge in [0.15, 0.2) is 12.7 Å². The van der Waals surface area contributed by atoms with E-state index < -0.39 is 24.6 Å². The molecular formula is C18H18ClNO4. The van der Waals surface area contributed by atoms with Crippen molar-refractivity contribution in [2.75, 3.05) is 13.2 Å². The van der Waals surface area contributed by atoms with Crippen molar-refractivity contribution in [3.63, 3.8) is 0 Å². The number of rotatable bonds is 7. The Hall–Kier alpha value is -2.37. The summed E-state index contributed by atoms with van der Waals surface area (Å²) in [5.74, 6) is -1.28. The fourth-order valence-corrected chi connectivity index (χ4v) is 2.29. The highest BCUT2D eigenvalue weighted by atomic mass is 35.5. The molecule has 126 valence electrons. The highest BCUT2D eigenvalue weighted by Crippen LogP contribution is 2.13. The van der Waals surface area contributed by atoms with Gasteiger partial charge >= 0.3 is 5.97 Å². The summed E-state index contributed by atoms with van der Waals surface area (Å²) >= 11 is 5.88. The van der Waals surface area contributed by atoms with Crippen molar-refractivity contribution >= 4 is 23.5 Å². The van der Waals surface area contributed by atoms with E-state index in [9.17, 15) is 14.7 Å². The predicted octanol–water partition coefficient (Wildman–Crippen LogP) is 2.28. The molecule has 0 unspecified atom stereocenters. The van der Waals surface area contributed by atoms with Crippen LogP contribution in [0.4, 0.5) is 0 Å². The molecule has 0 saturated carbocycles. The third-order valence-corrected chi connectivity index (χ3v) is 3.54. The summed E-state index contributed by atoms with van der Waals surface area (Å²) in [6, 6.07) is 15.7. The normalized spacial score (nSPS) is 11.6. The van der Waals surface area contributed by atoms with Gasteiger partial charge in [-0.05, 0) is 29.7 Å². The molecule has 0 spiro atoms. The number of amides is 1. The lowest BCUT2D eigenvalue weighted by Crippen LogP contribution is -2.31. The molecule has 0 aromatic heterocycles. The highest BCUT2D eigenvalue weighted by molar-refractivity contribution is 6.30. The molecule has 2 aromatic carbocycles. The van der Waals surface area contributed by atoms with Gasteiger partial charge in [0.25, 0.3) is 5.91 Å². The van der Waals surface area contributed by atoms with Crippen molar-refractivity contribution in [1.82, 2.24) is 5.32 Å². The fourth-order valence-electron chi connectivity index (χ4n) is 2.08. The van der Waals surface area contributed by atoms with Crippen LogP contribution in [0.15, 0.2) is 54.6 Å². The van der Waals surface area contributed by atoms with Crippen molar-refractivity contribution in [3.8, 4) is 0 Å². The number of benzene rings is 2. The lowest BCUT2D eigenvalue weighted by atomic mass is 10.1.